The van der Waals surface area contributed by atoms with Crippen LogP contribution in [0, 0.1) is 26.2 Å². The van der Waals surface area contributed by atoms with Gasteiger partial charge >= 0.3 is 0 Å². The number of ether oxygens (including phenoxy) is 1. The van der Waals surface area contributed by atoms with Crippen LogP contribution < -0.4 is 10.5 Å². The molecule has 1 aromatic rings. The second kappa shape index (κ2) is 5.31. The van der Waals surface area contributed by atoms with Crippen molar-refractivity contribution in [2.45, 2.75) is 54.0 Å². The highest BCUT2D eigenvalue weighted by molar-refractivity contribution is 5.49. The van der Waals surface area contributed by atoms with E-state index in [-0.39, 0.29) is 11.5 Å². The fourth-order valence-electron chi connectivity index (χ4n) is 2.56. The first kappa shape index (κ1) is 15.0. The van der Waals surface area contributed by atoms with Gasteiger partial charge in [-0.2, -0.15) is 0 Å². The van der Waals surface area contributed by atoms with Gasteiger partial charge in [-0.1, -0.05) is 26.8 Å². The number of aryl methyl sites for hydroxylation is 1. The molecule has 2 N–H and O–H groups in total. The zero-order chi connectivity index (χ0) is 14.1. The standard InChI is InChI=1S/C16H27NO/c1-10-8-13(14(17)9-16(4,5)6)11(2)12(3)15(10)18-7/h8,14H,9,17H2,1-7H3. The molecule has 0 saturated heterocycles. The predicted molar refractivity (Wildman–Crippen MR) is 78.2 cm³/mol. The third-order valence-corrected chi connectivity index (χ3v) is 3.50. The SMILES string of the molecule is COc1c(C)cc(C(N)CC(C)(C)C)c(C)c1C. The van der Waals surface area contributed by atoms with E-state index in [0.29, 0.717) is 0 Å². The van der Waals surface area contributed by atoms with Crippen molar-refractivity contribution < 1.29 is 4.74 Å². The Balaban J connectivity index is 3.19. The average Bonchev–Trinajstić information content (AvgIpc) is 2.21. The van der Waals surface area contributed by atoms with Gasteiger partial charge in [0.05, 0.1) is 7.11 Å². The van der Waals surface area contributed by atoms with E-state index in [0.717, 1.165) is 12.2 Å². The van der Waals surface area contributed by atoms with Crippen LogP contribution in [-0.4, -0.2) is 7.11 Å². The van der Waals surface area contributed by atoms with Crippen LogP contribution in [0.4, 0.5) is 0 Å². The molecule has 0 spiro atoms. The minimum atomic E-state index is 0.0910. The summed E-state index contributed by atoms with van der Waals surface area (Å²) >= 11 is 0. The van der Waals surface area contributed by atoms with Crippen LogP contribution in [-0.2, 0) is 0 Å². The highest BCUT2D eigenvalue weighted by atomic mass is 16.5. The van der Waals surface area contributed by atoms with Gasteiger partial charge in [-0.25, -0.2) is 0 Å². The largest absolute Gasteiger partial charge is 0.496 e. The molecule has 0 aliphatic rings. The monoisotopic (exact) mass is 249 g/mol. The molecule has 1 aromatic carbocycles. The van der Waals surface area contributed by atoms with Crippen molar-refractivity contribution in [3.63, 3.8) is 0 Å². The molecular formula is C16H27NO. The summed E-state index contributed by atoms with van der Waals surface area (Å²) in [5.74, 6) is 0.985. The van der Waals surface area contributed by atoms with Crippen LogP contribution in [0.15, 0.2) is 6.07 Å². The molecule has 0 heterocycles. The molecule has 0 aromatic heterocycles. The molecule has 0 bridgehead atoms. The Bertz CT molecular complexity index is 430. The summed E-state index contributed by atoms with van der Waals surface area (Å²) in [6, 6.07) is 2.27. The highest BCUT2D eigenvalue weighted by Gasteiger charge is 2.20. The molecule has 1 atom stereocenters. The van der Waals surface area contributed by atoms with E-state index in [2.05, 4.69) is 47.6 Å². The van der Waals surface area contributed by atoms with Gasteiger partial charge < -0.3 is 10.5 Å². The molecule has 0 radical (unpaired) electrons. The lowest BCUT2D eigenvalue weighted by molar-refractivity contribution is 0.342. The summed E-state index contributed by atoms with van der Waals surface area (Å²) in [5.41, 5.74) is 11.5. The maximum absolute atomic E-state index is 6.37. The van der Waals surface area contributed by atoms with Gasteiger partial charge in [-0.15, -0.1) is 0 Å². The smallest absolute Gasteiger partial charge is 0.124 e. The second-order valence-corrected chi connectivity index (χ2v) is 6.44. The zero-order valence-corrected chi connectivity index (χ0v) is 12.8. The van der Waals surface area contributed by atoms with Crippen molar-refractivity contribution in [1.29, 1.82) is 0 Å². The van der Waals surface area contributed by atoms with Crippen molar-refractivity contribution >= 4 is 0 Å². The molecule has 2 heteroatoms. The van der Waals surface area contributed by atoms with Crippen molar-refractivity contribution in [3.05, 3.63) is 28.3 Å². The Labute approximate surface area is 112 Å². The number of hydrogen-bond donors (Lipinski definition) is 1. The van der Waals surface area contributed by atoms with Gasteiger partial charge in [0.15, 0.2) is 0 Å². The maximum atomic E-state index is 6.37. The molecule has 1 unspecified atom stereocenters. The minimum Gasteiger partial charge on any atom is -0.496 e. The van der Waals surface area contributed by atoms with Crippen LogP contribution >= 0.6 is 0 Å². The van der Waals surface area contributed by atoms with E-state index in [1.807, 2.05) is 0 Å². The lowest BCUT2D eigenvalue weighted by Gasteiger charge is -2.26. The Hall–Kier alpha value is -1.02. The Morgan fingerprint density at radius 2 is 1.72 bits per heavy atom. The average molecular weight is 249 g/mol. The first-order valence-electron chi connectivity index (χ1n) is 6.57. The zero-order valence-electron chi connectivity index (χ0n) is 12.8. The Morgan fingerprint density at radius 1 is 1.17 bits per heavy atom. The number of nitrogens with two attached hydrogens (primary N) is 1. The van der Waals surface area contributed by atoms with Gasteiger partial charge in [-0.05, 0) is 54.9 Å². The van der Waals surface area contributed by atoms with E-state index in [9.17, 15) is 0 Å². The number of methoxy groups -OCH3 is 1. The molecule has 2 nitrogen and oxygen atoms in total. The first-order chi connectivity index (χ1) is 8.17. The second-order valence-electron chi connectivity index (χ2n) is 6.44. The lowest BCUT2D eigenvalue weighted by atomic mass is 9.83. The maximum Gasteiger partial charge on any atom is 0.124 e. The fourth-order valence-corrected chi connectivity index (χ4v) is 2.56. The van der Waals surface area contributed by atoms with E-state index >= 15 is 0 Å². The van der Waals surface area contributed by atoms with Crippen molar-refractivity contribution in [3.8, 4) is 5.75 Å². The van der Waals surface area contributed by atoms with E-state index in [4.69, 9.17) is 10.5 Å². The molecule has 0 aliphatic carbocycles. The topological polar surface area (TPSA) is 35.2 Å². The lowest BCUT2D eigenvalue weighted by Crippen LogP contribution is -2.20. The van der Waals surface area contributed by atoms with Crippen LogP contribution in [0.5, 0.6) is 5.75 Å². The number of hydrogen-bond acceptors (Lipinski definition) is 2. The molecule has 18 heavy (non-hydrogen) atoms. The molecule has 1 rings (SSSR count). The van der Waals surface area contributed by atoms with Crippen LogP contribution in [0.25, 0.3) is 0 Å². The third kappa shape index (κ3) is 3.26. The third-order valence-electron chi connectivity index (χ3n) is 3.50. The summed E-state index contributed by atoms with van der Waals surface area (Å²) in [6.07, 6.45) is 0.985. The summed E-state index contributed by atoms with van der Waals surface area (Å²) in [6.45, 7) is 13.0. The molecule has 102 valence electrons. The Kier molecular flexibility index (Phi) is 4.44. The van der Waals surface area contributed by atoms with Crippen molar-refractivity contribution in [2.24, 2.45) is 11.1 Å². The van der Waals surface area contributed by atoms with E-state index in [1.54, 1.807) is 7.11 Å². The number of benzene rings is 1. The minimum absolute atomic E-state index is 0.0910. The van der Waals surface area contributed by atoms with Crippen LogP contribution in [0.3, 0.4) is 0 Å². The van der Waals surface area contributed by atoms with Gasteiger partial charge in [0.2, 0.25) is 0 Å². The van der Waals surface area contributed by atoms with Gasteiger partial charge in [0, 0.05) is 6.04 Å². The highest BCUT2D eigenvalue weighted by Crippen LogP contribution is 2.34. The Morgan fingerprint density at radius 3 is 2.17 bits per heavy atom. The molecule has 0 fully saturated rings. The molecule has 0 aliphatic heterocycles. The molecular weight excluding hydrogens is 222 g/mol. The predicted octanol–water partition coefficient (Wildman–Crippen LogP) is 4.06. The molecule has 0 amide bonds. The van der Waals surface area contributed by atoms with Gasteiger partial charge in [-0.3, -0.25) is 0 Å². The summed E-state index contributed by atoms with van der Waals surface area (Å²) in [7, 11) is 1.73. The fraction of sp³-hybridized carbons (Fsp3) is 0.625. The normalized spacial score (nSPS) is 13.6. The van der Waals surface area contributed by atoms with Crippen LogP contribution in [0.2, 0.25) is 0 Å². The van der Waals surface area contributed by atoms with Crippen LogP contribution in [0.1, 0.15) is 55.5 Å². The van der Waals surface area contributed by atoms with Crippen molar-refractivity contribution in [1.82, 2.24) is 0 Å². The van der Waals surface area contributed by atoms with Gasteiger partial charge in [0.1, 0.15) is 5.75 Å². The quantitative estimate of drug-likeness (QED) is 0.877. The number of rotatable bonds is 3. The summed E-state index contributed by atoms with van der Waals surface area (Å²) in [5, 5.41) is 0. The molecule has 0 saturated carbocycles. The summed E-state index contributed by atoms with van der Waals surface area (Å²) < 4.78 is 5.45. The van der Waals surface area contributed by atoms with E-state index < -0.39 is 0 Å². The van der Waals surface area contributed by atoms with Crippen molar-refractivity contribution in [2.75, 3.05) is 7.11 Å². The van der Waals surface area contributed by atoms with Gasteiger partial charge in [0.25, 0.3) is 0 Å². The first-order valence-corrected chi connectivity index (χ1v) is 6.57. The van der Waals surface area contributed by atoms with E-state index in [1.165, 1.54) is 22.3 Å². The summed E-state index contributed by atoms with van der Waals surface area (Å²) in [4.78, 5) is 0.